The van der Waals surface area contributed by atoms with E-state index >= 15 is 0 Å². The van der Waals surface area contributed by atoms with Gasteiger partial charge in [-0.05, 0) is 110 Å². The normalized spacial score (nSPS) is 42.8. The van der Waals surface area contributed by atoms with Gasteiger partial charge < -0.3 is 9.53 Å². The molecule has 0 spiro atoms. The Hall–Kier alpha value is -0.453. The molecule has 0 amide bonds. The van der Waals surface area contributed by atoms with Crippen molar-refractivity contribution >= 4 is 8.32 Å². The quantitative estimate of drug-likeness (QED) is 0.327. The fraction of sp³-hybridized carbons (Fsp3) is 0.862. The Morgan fingerprint density at radius 3 is 2.36 bits per heavy atom. The molecule has 33 heavy (non-hydrogen) atoms. The third-order valence-corrected chi connectivity index (χ3v) is 15.8. The molecule has 0 heterocycles. The maximum atomic E-state index is 14.7. The predicted octanol–water partition coefficient (Wildman–Crippen LogP) is 8.19. The predicted molar refractivity (Wildman–Crippen MR) is 138 cm³/mol. The van der Waals surface area contributed by atoms with E-state index in [0.29, 0.717) is 29.8 Å². The largest absolute Gasteiger partial charge is 0.414 e. The molecule has 3 fully saturated rings. The highest BCUT2D eigenvalue weighted by Crippen LogP contribution is 2.68. The molecule has 4 aliphatic carbocycles. The second-order valence-electron chi connectivity index (χ2n) is 13.8. The van der Waals surface area contributed by atoms with Gasteiger partial charge >= 0.3 is 0 Å². The van der Waals surface area contributed by atoms with Gasteiger partial charge in [0.15, 0.2) is 8.32 Å². The summed E-state index contributed by atoms with van der Waals surface area (Å²) in [6.07, 6.45) is 11.9. The molecule has 0 bridgehead atoms. The lowest BCUT2D eigenvalue weighted by Gasteiger charge is -2.60. The Labute approximate surface area is 203 Å². The number of hydrogen-bond donors (Lipinski definition) is 1. The van der Waals surface area contributed by atoms with Crippen molar-refractivity contribution in [3.63, 3.8) is 0 Å². The first kappa shape index (κ1) is 25.6. The molecule has 1 unspecified atom stereocenters. The SMILES string of the molecule is CC[C@@H]1C=C2CC(O[Si](C)(C)C(C)(C)C)CC[C@]2(C)[C@H]2CC[C@]3(C)C(=C(F)CO)CC[C@H]3[C@H]12. The van der Waals surface area contributed by atoms with Crippen LogP contribution in [0.1, 0.15) is 92.9 Å². The molecule has 3 saturated carbocycles. The Kier molecular flexibility index (Phi) is 6.67. The zero-order chi connectivity index (χ0) is 24.4. The molecular formula is C29H49FO2Si. The Balaban J connectivity index is 1.63. The van der Waals surface area contributed by atoms with E-state index in [9.17, 15) is 9.50 Å². The number of rotatable bonds is 4. The van der Waals surface area contributed by atoms with E-state index < -0.39 is 14.9 Å². The van der Waals surface area contributed by atoms with E-state index in [2.05, 4.69) is 60.7 Å². The molecule has 4 aliphatic rings. The summed E-state index contributed by atoms with van der Waals surface area (Å²) < 4.78 is 21.6. The summed E-state index contributed by atoms with van der Waals surface area (Å²) in [5, 5.41) is 9.78. The zero-order valence-electron chi connectivity index (χ0n) is 22.6. The van der Waals surface area contributed by atoms with E-state index in [4.69, 9.17) is 4.43 Å². The first-order valence-corrected chi connectivity index (χ1v) is 16.6. The van der Waals surface area contributed by atoms with Crippen molar-refractivity contribution in [3.8, 4) is 0 Å². The van der Waals surface area contributed by atoms with Gasteiger partial charge in [-0.2, -0.15) is 0 Å². The summed E-state index contributed by atoms with van der Waals surface area (Å²) in [5.74, 6) is 2.23. The zero-order valence-corrected chi connectivity index (χ0v) is 23.6. The fourth-order valence-corrected chi connectivity index (χ4v) is 9.62. The number of fused-ring (bicyclic) bond motifs is 5. The highest BCUT2D eigenvalue weighted by Gasteiger charge is 2.60. The summed E-state index contributed by atoms with van der Waals surface area (Å²) in [6.45, 7) is 18.6. The van der Waals surface area contributed by atoms with Gasteiger partial charge in [0.1, 0.15) is 5.83 Å². The second-order valence-corrected chi connectivity index (χ2v) is 18.5. The van der Waals surface area contributed by atoms with Crippen molar-refractivity contribution in [3.05, 3.63) is 23.0 Å². The van der Waals surface area contributed by atoms with Crippen LogP contribution in [-0.4, -0.2) is 26.1 Å². The molecule has 188 valence electrons. The molecule has 0 aromatic heterocycles. The van der Waals surface area contributed by atoms with Crippen LogP contribution in [0.5, 0.6) is 0 Å². The van der Waals surface area contributed by atoms with E-state index in [1.807, 2.05) is 0 Å². The molecule has 0 radical (unpaired) electrons. The van der Waals surface area contributed by atoms with Crippen LogP contribution in [-0.2, 0) is 4.43 Å². The van der Waals surface area contributed by atoms with Crippen LogP contribution in [0.4, 0.5) is 4.39 Å². The molecule has 0 aromatic carbocycles. The van der Waals surface area contributed by atoms with Gasteiger partial charge in [-0.1, -0.05) is 53.2 Å². The monoisotopic (exact) mass is 476 g/mol. The highest BCUT2D eigenvalue weighted by atomic mass is 28.4. The van der Waals surface area contributed by atoms with Crippen LogP contribution < -0.4 is 0 Å². The Bertz CT molecular complexity index is 824. The molecule has 7 atom stereocenters. The molecule has 0 aliphatic heterocycles. The second kappa shape index (κ2) is 8.59. The molecule has 1 N–H and O–H groups in total. The summed E-state index contributed by atoms with van der Waals surface area (Å²) >= 11 is 0. The van der Waals surface area contributed by atoms with E-state index in [1.165, 1.54) is 25.7 Å². The van der Waals surface area contributed by atoms with Crippen LogP contribution in [0, 0.1) is 34.5 Å². The summed E-state index contributed by atoms with van der Waals surface area (Å²) in [6, 6.07) is 0. The topological polar surface area (TPSA) is 29.5 Å². The molecule has 0 saturated heterocycles. The smallest absolute Gasteiger partial charge is 0.192 e. The fourth-order valence-electron chi connectivity index (χ4n) is 8.23. The number of halogens is 1. The molecule has 0 aromatic rings. The average Bonchev–Trinajstić information content (AvgIpc) is 3.09. The maximum Gasteiger partial charge on any atom is 0.192 e. The highest BCUT2D eigenvalue weighted by molar-refractivity contribution is 6.74. The first-order valence-electron chi connectivity index (χ1n) is 13.7. The molecule has 4 rings (SSSR count). The van der Waals surface area contributed by atoms with Crippen molar-refractivity contribution < 1.29 is 13.9 Å². The Morgan fingerprint density at radius 1 is 1.12 bits per heavy atom. The van der Waals surface area contributed by atoms with Crippen molar-refractivity contribution in [1.29, 1.82) is 0 Å². The minimum atomic E-state index is -1.77. The van der Waals surface area contributed by atoms with Crippen molar-refractivity contribution in [2.24, 2.45) is 34.5 Å². The Morgan fingerprint density at radius 2 is 1.76 bits per heavy atom. The lowest BCUT2D eigenvalue weighted by atomic mass is 9.45. The van der Waals surface area contributed by atoms with Crippen molar-refractivity contribution in [2.45, 2.75) is 117 Å². The minimum absolute atomic E-state index is 0.0637. The summed E-state index contributed by atoms with van der Waals surface area (Å²) in [7, 11) is -1.77. The van der Waals surface area contributed by atoms with Crippen LogP contribution in [0.2, 0.25) is 18.1 Å². The number of aliphatic hydroxyl groups is 1. The van der Waals surface area contributed by atoms with Gasteiger partial charge in [0.25, 0.3) is 0 Å². The van der Waals surface area contributed by atoms with Gasteiger partial charge in [-0.15, -0.1) is 0 Å². The molecule has 2 nitrogen and oxygen atoms in total. The summed E-state index contributed by atoms with van der Waals surface area (Å²) in [5.41, 5.74) is 2.82. The van der Waals surface area contributed by atoms with Crippen molar-refractivity contribution in [1.82, 2.24) is 0 Å². The average molecular weight is 477 g/mol. The number of hydrogen-bond acceptors (Lipinski definition) is 2. The lowest BCUT2D eigenvalue weighted by molar-refractivity contribution is -0.0488. The van der Waals surface area contributed by atoms with Crippen LogP contribution >= 0.6 is 0 Å². The molecule has 4 heteroatoms. The van der Waals surface area contributed by atoms with Gasteiger partial charge in [-0.25, -0.2) is 4.39 Å². The van der Waals surface area contributed by atoms with Crippen LogP contribution in [0.3, 0.4) is 0 Å². The first-order chi connectivity index (χ1) is 15.3. The van der Waals surface area contributed by atoms with Gasteiger partial charge in [-0.3, -0.25) is 0 Å². The van der Waals surface area contributed by atoms with E-state index in [1.54, 1.807) is 5.57 Å². The van der Waals surface area contributed by atoms with E-state index in [0.717, 1.165) is 31.3 Å². The third kappa shape index (κ3) is 4.04. The van der Waals surface area contributed by atoms with Crippen molar-refractivity contribution in [2.75, 3.05) is 6.61 Å². The number of aliphatic hydroxyl groups excluding tert-OH is 1. The standard InChI is InChI=1S/C29H49FO2Si/c1-9-19-16-20-17-21(32-33(7,8)27(2,3)4)12-14-28(20,5)24-13-15-29(6)22(25(30)18-31)10-11-23(29)26(19)24/h16,19,21,23-24,26,31H,9-15,17-18H2,1-8H3/t19-,21?,23+,24+,26+,28+,29-/m1/s1. The third-order valence-electron chi connectivity index (χ3n) is 11.2. The van der Waals surface area contributed by atoms with E-state index in [-0.39, 0.29) is 21.7 Å². The maximum absolute atomic E-state index is 14.7. The minimum Gasteiger partial charge on any atom is -0.414 e. The summed E-state index contributed by atoms with van der Waals surface area (Å²) in [4.78, 5) is 0. The molecular weight excluding hydrogens is 427 g/mol. The number of allylic oxidation sites excluding steroid dienone is 2. The van der Waals surface area contributed by atoms with Gasteiger partial charge in [0, 0.05) is 6.10 Å². The lowest BCUT2D eigenvalue weighted by Crippen LogP contribution is -2.53. The van der Waals surface area contributed by atoms with Gasteiger partial charge in [0.05, 0.1) is 6.61 Å². The van der Waals surface area contributed by atoms with Crippen LogP contribution in [0.15, 0.2) is 23.0 Å². The van der Waals surface area contributed by atoms with Crippen LogP contribution in [0.25, 0.3) is 0 Å². The van der Waals surface area contributed by atoms with Gasteiger partial charge in [0.2, 0.25) is 0 Å².